The van der Waals surface area contributed by atoms with Gasteiger partial charge in [0.15, 0.2) is 0 Å². The second-order valence-corrected chi connectivity index (χ2v) is 16.7. The number of hydrogen-bond acceptors (Lipinski definition) is 3. The second kappa shape index (κ2) is 13.0. The normalized spacial score (nSPS) is 14.1. The maximum absolute atomic E-state index is 6.65. The molecule has 3 heteroatoms. The quantitative estimate of drug-likeness (QED) is 0.169. The first-order chi connectivity index (χ1) is 29.5. The summed E-state index contributed by atoms with van der Waals surface area (Å²) >= 11 is 0. The number of anilines is 3. The highest BCUT2D eigenvalue weighted by atomic mass is 16.3. The van der Waals surface area contributed by atoms with Crippen LogP contribution in [0.25, 0.3) is 55.3 Å². The van der Waals surface area contributed by atoms with Crippen molar-refractivity contribution in [2.45, 2.75) is 24.7 Å². The average Bonchev–Trinajstić information content (AvgIpc) is 3.90. The van der Waals surface area contributed by atoms with Gasteiger partial charge in [0.25, 0.3) is 0 Å². The molecule has 8 aromatic carbocycles. The molecular formula is C57H40N2O. The third-order valence-electron chi connectivity index (χ3n) is 13.2. The number of rotatable bonds is 6. The Hall–Kier alpha value is -7.49. The molecule has 0 unspecified atom stereocenters. The van der Waals surface area contributed by atoms with Gasteiger partial charge in [0.05, 0.1) is 5.41 Å². The summed E-state index contributed by atoms with van der Waals surface area (Å²) in [6.07, 6.45) is 3.92. The van der Waals surface area contributed by atoms with Crippen LogP contribution in [0.5, 0.6) is 0 Å². The number of furan rings is 1. The summed E-state index contributed by atoms with van der Waals surface area (Å²) in [5.74, 6) is 0. The third-order valence-corrected chi connectivity index (χ3v) is 13.2. The van der Waals surface area contributed by atoms with Crippen molar-refractivity contribution >= 4 is 39.0 Å². The van der Waals surface area contributed by atoms with Crippen molar-refractivity contribution in [3.8, 4) is 33.4 Å². The molecule has 2 aliphatic carbocycles. The summed E-state index contributed by atoms with van der Waals surface area (Å²) in [7, 11) is 0. The molecule has 0 radical (unpaired) electrons. The minimum Gasteiger partial charge on any atom is -0.456 e. The van der Waals surface area contributed by atoms with Crippen LogP contribution in [0.4, 0.5) is 17.1 Å². The molecule has 2 aliphatic rings. The van der Waals surface area contributed by atoms with Crippen LogP contribution in [0.1, 0.15) is 47.2 Å². The first kappa shape index (κ1) is 34.5. The van der Waals surface area contributed by atoms with E-state index in [4.69, 9.17) is 4.42 Å². The molecular weight excluding hydrogens is 729 g/mol. The van der Waals surface area contributed by atoms with Gasteiger partial charge in [-0.1, -0.05) is 147 Å². The number of benzene rings is 8. The largest absolute Gasteiger partial charge is 0.456 e. The second-order valence-electron chi connectivity index (χ2n) is 16.7. The lowest BCUT2D eigenvalue weighted by Crippen LogP contribution is -2.28. The van der Waals surface area contributed by atoms with Gasteiger partial charge in [0, 0.05) is 51.2 Å². The van der Waals surface area contributed by atoms with Gasteiger partial charge in [-0.25, -0.2) is 0 Å². The number of aromatic nitrogens is 1. The van der Waals surface area contributed by atoms with E-state index in [2.05, 4.69) is 218 Å². The molecule has 3 nitrogen and oxygen atoms in total. The minimum absolute atomic E-state index is 0.139. The number of hydrogen-bond donors (Lipinski definition) is 0. The standard InChI is InChI=1S/C57H40N2O/c1-56(2)50-30-31-58-36-49(50)46-34-48-47-33-43(27-29-54(47)60-55(48)35-53(46)56)59(41-24-22-38(23-25-41)37-14-6-3-7-15-37)42-26-28-52-45(32-42)44-20-12-13-21-51(44)57(52,39-16-8-4-9-17-39)40-18-10-5-11-19-40/h3-36H,1-2H3. The van der Waals surface area contributed by atoms with Crippen molar-refractivity contribution in [3.63, 3.8) is 0 Å². The monoisotopic (exact) mass is 768 g/mol. The summed E-state index contributed by atoms with van der Waals surface area (Å²) in [6, 6.07) is 71.0. The van der Waals surface area contributed by atoms with E-state index in [1.807, 2.05) is 12.4 Å². The lowest BCUT2D eigenvalue weighted by molar-refractivity contribution is 0.647. The Morgan fingerprint density at radius 1 is 0.417 bits per heavy atom. The van der Waals surface area contributed by atoms with Crippen molar-refractivity contribution in [1.82, 2.24) is 4.98 Å². The van der Waals surface area contributed by atoms with Crippen molar-refractivity contribution in [1.29, 1.82) is 0 Å². The van der Waals surface area contributed by atoms with E-state index in [-0.39, 0.29) is 5.41 Å². The molecule has 0 amide bonds. The van der Waals surface area contributed by atoms with Gasteiger partial charge in [-0.15, -0.1) is 0 Å². The number of nitrogens with zero attached hydrogens (tertiary/aromatic N) is 2. The fourth-order valence-electron chi connectivity index (χ4n) is 10.4. The van der Waals surface area contributed by atoms with Crippen molar-refractivity contribution in [3.05, 3.63) is 240 Å². The molecule has 0 fully saturated rings. The Labute approximate surface area is 349 Å². The predicted octanol–water partition coefficient (Wildman–Crippen LogP) is 14.8. The molecule has 0 aliphatic heterocycles. The van der Waals surface area contributed by atoms with Gasteiger partial charge in [0.1, 0.15) is 11.2 Å². The Kier molecular flexibility index (Phi) is 7.49. The topological polar surface area (TPSA) is 29.3 Å². The van der Waals surface area contributed by atoms with Gasteiger partial charge in [-0.3, -0.25) is 4.98 Å². The minimum atomic E-state index is -0.466. The van der Waals surface area contributed by atoms with Gasteiger partial charge in [-0.2, -0.15) is 0 Å². The molecule has 0 saturated heterocycles. The maximum Gasteiger partial charge on any atom is 0.135 e. The van der Waals surface area contributed by atoms with E-state index in [1.165, 1.54) is 66.8 Å². The van der Waals surface area contributed by atoms with E-state index >= 15 is 0 Å². The van der Waals surface area contributed by atoms with Crippen LogP contribution in [0, 0.1) is 0 Å². The first-order valence-electron chi connectivity index (χ1n) is 20.8. The molecule has 0 saturated carbocycles. The predicted molar refractivity (Wildman–Crippen MR) is 247 cm³/mol. The van der Waals surface area contributed by atoms with Crippen LogP contribution >= 0.6 is 0 Å². The maximum atomic E-state index is 6.65. The Bertz CT molecular complexity index is 3230. The van der Waals surface area contributed by atoms with Crippen LogP contribution in [-0.2, 0) is 10.8 Å². The Morgan fingerprint density at radius 3 is 1.75 bits per heavy atom. The molecule has 0 atom stereocenters. The smallest absolute Gasteiger partial charge is 0.135 e. The zero-order chi connectivity index (χ0) is 40.0. The van der Waals surface area contributed by atoms with E-state index in [0.717, 1.165) is 39.0 Å². The summed E-state index contributed by atoms with van der Waals surface area (Å²) in [6.45, 7) is 4.59. The summed E-state index contributed by atoms with van der Waals surface area (Å²) in [4.78, 5) is 6.93. The lowest BCUT2D eigenvalue weighted by Gasteiger charge is -2.34. The Balaban J connectivity index is 1.07. The van der Waals surface area contributed by atoms with Crippen molar-refractivity contribution in [2.24, 2.45) is 0 Å². The van der Waals surface area contributed by atoms with E-state index in [1.54, 1.807) is 0 Å². The summed E-state index contributed by atoms with van der Waals surface area (Å²) in [5, 5.41) is 2.20. The van der Waals surface area contributed by atoms with Gasteiger partial charge < -0.3 is 9.32 Å². The highest BCUT2D eigenvalue weighted by molar-refractivity contribution is 6.09. The third kappa shape index (κ3) is 4.93. The number of pyridine rings is 1. The highest BCUT2D eigenvalue weighted by Gasteiger charge is 2.46. The molecule has 2 aromatic heterocycles. The van der Waals surface area contributed by atoms with Crippen LogP contribution in [0.2, 0.25) is 0 Å². The van der Waals surface area contributed by atoms with E-state index < -0.39 is 5.41 Å². The molecule has 0 bridgehead atoms. The fourth-order valence-corrected chi connectivity index (χ4v) is 10.4. The van der Waals surface area contributed by atoms with Crippen LogP contribution in [0.15, 0.2) is 211 Å². The van der Waals surface area contributed by atoms with Crippen LogP contribution < -0.4 is 4.90 Å². The van der Waals surface area contributed by atoms with Gasteiger partial charge in [0.2, 0.25) is 0 Å². The number of fused-ring (bicyclic) bond motifs is 9. The molecule has 0 N–H and O–H groups in total. The summed E-state index contributed by atoms with van der Waals surface area (Å²) < 4.78 is 6.65. The van der Waals surface area contributed by atoms with Crippen LogP contribution in [-0.4, -0.2) is 4.98 Å². The highest BCUT2D eigenvalue weighted by Crippen LogP contribution is 2.57. The molecule has 10 aromatic rings. The summed E-state index contributed by atoms with van der Waals surface area (Å²) in [5.41, 5.74) is 19.4. The zero-order valence-electron chi connectivity index (χ0n) is 33.4. The Morgan fingerprint density at radius 2 is 1.00 bits per heavy atom. The molecule has 12 rings (SSSR count). The molecule has 284 valence electrons. The lowest BCUT2D eigenvalue weighted by atomic mass is 9.68. The average molecular weight is 769 g/mol. The van der Waals surface area contributed by atoms with E-state index in [0.29, 0.717) is 0 Å². The van der Waals surface area contributed by atoms with Crippen LogP contribution in [0.3, 0.4) is 0 Å². The van der Waals surface area contributed by atoms with Gasteiger partial charge in [-0.05, 0) is 122 Å². The molecule has 2 heterocycles. The SMILES string of the molecule is CC1(C)c2ccncc2-c2cc3c(cc21)oc1ccc(N(c2ccc(-c4ccccc4)cc2)c2ccc4c(c2)-c2ccccc2C4(c2ccccc2)c2ccccc2)cc13. The molecule has 0 spiro atoms. The van der Waals surface area contributed by atoms with Crippen molar-refractivity contribution in [2.75, 3.05) is 4.90 Å². The first-order valence-corrected chi connectivity index (χ1v) is 20.8. The fraction of sp³-hybridized carbons (Fsp3) is 0.0702. The van der Waals surface area contributed by atoms with Crippen molar-refractivity contribution < 1.29 is 4.42 Å². The zero-order valence-corrected chi connectivity index (χ0v) is 33.4. The van der Waals surface area contributed by atoms with Gasteiger partial charge >= 0.3 is 0 Å². The van der Waals surface area contributed by atoms with E-state index in [9.17, 15) is 0 Å². The molecule has 60 heavy (non-hydrogen) atoms.